The molecule has 3 atom stereocenters. The number of aromatic nitrogens is 2. The van der Waals surface area contributed by atoms with Gasteiger partial charge in [-0.25, -0.2) is 0 Å². The van der Waals surface area contributed by atoms with E-state index < -0.39 is 0 Å². The molecule has 138 valence electrons. The molecule has 0 unspecified atom stereocenters. The van der Waals surface area contributed by atoms with Crippen LogP contribution >= 0.6 is 0 Å². The Bertz CT molecular complexity index is 745. The smallest absolute Gasteiger partial charge is 0.225 e. The van der Waals surface area contributed by atoms with Crippen molar-refractivity contribution in [2.75, 3.05) is 13.7 Å². The highest BCUT2D eigenvalue weighted by atomic mass is 16.5. The molecular weight excluding hydrogens is 328 g/mol. The van der Waals surface area contributed by atoms with Gasteiger partial charge < -0.3 is 10.1 Å². The van der Waals surface area contributed by atoms with E-state index in [1.807, 2.05) is 12.1 Å². The molecule has 2 aliphatic heterocycles. The Morgan fingerprint density at radius 1 is 1.38 bits per heavy atom. The van der Waals surface area contributed by atoms with Crippen molar-refractivity contribution >= 4 is 5.91 Å². The molecule has 1 aromatic carbocycles. The van der Waals surface area contributed by atoms with Crippen LogP contribution in [0.5, 0.6) is 0 Å². The SMILES string of the molecule is COCc1cc(CNC(=O)[C@@H]2C[C@H](c3ccccc3)N3CCC[C@@H]23)[nH]n1. The number of benzene rings is 1. The van der Waals surface area contributed by atoms with E-state index in [0.29, 0.717) is 25.2 Å². The summed E-state index contributed by atoms with van der Waals surface area (Å²) >= 11 is 0. The highest BCUT2D eigenvalue weighted by Gasteiger charge is 2.46. The predicted octanol–water partition coefficient (Wildman–Crippen LogP) is 2.40. The number of amides is 1. The lowest BCUT2D eigenvalue weighted by Crippen LogP contribution is -2.37. The normalized spacial score (nSPS) is 25.3. The molecule has 0 radical (unpaired) electrons. The molecule has 0 bridgehead atoms. The lowest BCUT2D eigenvalue weighted by Gasteiger charge is -2.24. The molecule has 6 heteroatoms. The second-order valence-corrected chi connectivity index (χ2v) is 7.25. The van der Waals surface area contributed by atoms with E-state index >= 15 is 0 Å². The average molecular weight is 354 g/mol. The summed E-state index contributed by atoms with van der Waals surface area (Å²) in [6.45, 7) is 2.05. The second-order valence-electron chi connectivity index (χ2n) is 7.25. The quantitative estimate of drug-likeness (QED) is 0.836. The van der Waals surface area contributed by atoms with E-state index in [2.05, 4.69) is 44.7 Å². The molecule has 26 heavy (non-hydrogen) atoms. The third kappa shape index (κ3) is 3.39. The molecule has 2 saturated heterocycles. The standard InChI is InChI=1S/C20H26N4O2/c1-26-13-16-10-15(22-23-16)12-21-20(25)17-11-19(14-6-3-2-4-7-14)24-9-5-8-18(17)24/h2-4,6-7,10,17-19H,5,8-9,11-13H2,1H3,(H,21,25)(H,22,23)/t17-,18+,19-/m1/s1. The summed E-state index contributed by atoms with van der Waals surface area (Å²) in [5.74, 6) is 0.215. The zero-order valence-electron chi connectivity index (χ0n) is 15.1. The maximum absolute atomic E-state index is 12.9. The summed E-state index contributed by atoms with van der Waals surface area (Å²) in [6.07, 6.45) is 3.20. The molecule has 2 N–H and O–H groups in total. The maximum atomic E-state index is 12.9. The van der Waals surface area contributed by atoms with Crippen molar-refractivity contribution in [2.45, 2.75) is 44.5 Å². The van der Waals surface area contributed by atoms with Gasteiger partial charge >= 0.3 is 0 Å². The first-order valence-corrected chi connectivity index (χ1v) is 9.37. The summed E-state index contributed by atoms with van der Waals surface area (Å²) in [5.41, 5.74) is 3.09. The van der Waals surface area contributed by atoms with Crippen LogP contribution in [0.4, 0.5) is 0 Å². The maximum Gasteiger partial charge on any atom is 0.225 e. The largest absolute Gasteiger partial charge is 0.378 e. The van der Waals surface area contributed by atoms with Crippen LogP contribution in [0.3, 0.4) is 0 Å². The van der Waals surface area contributed by atoms with Gasteiger partial charge in [0, 0.05) is 19.2 Å². The number of nitrogens with zero attached hydrogens (tertiary/aromatic N) is 2. The second kappa shape index (κ2) is 7.60. The lowest BCUT2D eigenvalue weighted by molar-refractivity contribution is -0.125. The Labute approximate surface area is 153 Å². The van der Waals surface area contributed by atoms with Crippen LogP contribution < -0.4 is 5.32 Å². The van der Waals surface area contributed by atoms with Crippen LogP contribution in [0.25, 0.3) is 0 Å². The first kappa shape index (κ1) is 17.2. The number of methoxy groups -OCH3 is 1. The predicted molar refractivity (Wildman–Crippen MR) is 98.2 cm³/mol. The molecule has 6 nitrogen and oxygen atoms in total. The van der Waals surface area contributed by atoms with Gasteiger partial charge in [-0.05, 0) is 37.4 Å². The number of hydrogen-bond donors (Lipinski definition) is 2. The third-order valence-corrected chi connectivity index (χ3v) is 5.63. The number of H-pyrrole nitrogens is 1. The van der Waals surface area contributed by atoms with Crippen LogP contribution in [0.15, 0.2) is 36.4 Å². The van der Waals surface area contributed by atoms with E-state index in [0.717, 1.165) is 30.8 Å². The summed E-state index contributed by atoms with van der Waals surface area (Å²) in [4.78, 5) is 15.4. The zero-order valence-corrected chi connectivity index (χ0v) is 15.1. The molecule has 4 rings (SSSR count). The summed E-state index contributed by atoms with van der Waals surface area (Å²) < 4.78 is 5.07. The Kier molecular flexibility index (Phi) is 5.04. The number of nitrogens with one attached hydrogen (secondary N) is 2. The monoisotopic (exact) mass is 354 g/mol. The minimum Gasteiger partial charge on any atom is -0.378 e. The van der Waals surface area contributed by atoms with E-state index in [9.17, 15) is 4.79 Å². The van der Waals surface area contributed by atoms with Crippen molar-refractivity contribution in [3.63, 3.8) is 0 Å². The summed E-state index contributed by atoms with van der Waals surface area (Å²) in [5, 5.41) is 10.2. The highest BCUT2D eigenvalue weighted by Crippen LogP contribution is 2.44. The number of fused-ring (bicyclic) bond motifs is 1. The van der Waals surface area contributed by atoms with Crippen molar-refractivity contribution in [1.82, 2.24) is 20.4 Å². The van der Waals surface area contributed by atoms with Crippen molar-refractivity contribution in [2.24, 2.45) is 5.92 Å². The summed E-state index contributed by atoms with van der Waals surface area (Å²) in [6, 6.07) is 13.3. The minimum absolute atomic E-state index is 0.0593. The molecule has 0 spiro atoms. The first-order valence-electron chi connectivity index (χ1n) is 9.37. The number of ether oxygens (including phenoxy) is 1. The first-order chi connectivity index (χ1) is 12.8. The van der Waals surface area contributed by atoms with Gasteiger partial charge in [-0.15, -0.1) is 0 Å². The number of carbonyl (C=O) groups excluding carboxylic acids is 1. The average Bonchev–Trinajstić information content (AvgIpc) is 3.37. The van der Waals surface area contributed by atoms with Gasteiger partial charge in [-0.3, -0.25) is 14.8 Å². The Balaban J connectivity index is 1.41. The van der Waals surface area contributed by atoms with Gasteiger partial charge in [0.2, 0.25) is 5.91 Å². The highest BCUT2D eigenvalue weighted by molar-refractivity contribution is 5.80. The van der Waals surface area contributed by atoms with Crippen LogP contribution in [-0.2, 0) is 22.7 Å². The van der Waals surface area contributed by atoms with E-state index in [-0.39, 0.29) is 11.8 Å². The van der Waals surface area contributed by atoms with Crippen molar-refractivity contribution in [3.8, 4) is 0 Å². The molecule has 2 aromatic rings. The topological polar surface area (TPSA) is 70.2 Å². The fourth-order valence-electron chi connectivity index (χ4n) is 4.49. The minimum atomic E-state index is 0.0593. The van der Waals surface area contributed by atoms with E-state index in [4.69, 9.17) is 4.74 Å². The zero-order chi connectivity index (χ0) is 17.9. The van der Waals surface area contributed by atoms with Crippen LogP contribution in [0, 0.1) is 5.92 Å². The number of aromatic amines is 1. The molecule has 2 fully saturated rings. The summed E-state index contributed by atoms with van der Waals surface area (Å²) in [7, 11) is 1.65. The van der Waals surface area contributed by atoms with Gasteiger partial charge in [-0.2, -0.15) is 5.10 Å². The van der Waals surface area contributed by atoms with Crippen molar-refractivity contribution < 1.29 is 9.53 Å². The Morgan fingerprint density at radius 2 is 2.23 bits per heavy atom. The van der Waals surface area contributed by atoms with Crippen molar-refractivity contribution in [1.29, 1.82) is 0 Å². The Hall–Kier alpha value is -2.18. The van der Waals surface area contributed by atoms with Gasteiger partial charge in [0.05, 0.1) is 30.5 Å². The van der Waals surface area contributed by atoms with Gasteiger partial charge in [-0.1, -0.05) is 30.3 Å². The number of carbonyl (C=O) groups is 1. The van der Waals surface area contributed by atoms with Crippen LogP contribution in [0.2, 0.25) is 0 Å². The molecule has 1 aromatic heterocycles. The lowest BCUT2D eigenvalue weighted by atomic mass is 9.93. The van der Waals surface area contributed by atoms with Crippen LogP contribution in [0.1, 0.15) is 42.3 Å². The third-order valence-electron chi connectivity index (χ3n) is 5.63. The fraction of sp³-hybridized carbons (Fsp3) is 0.500. The molecule has 1 amide bonds. The van der Waals surface area contributed by atoms with Crippen molar-refractivity contribution in [3.05, 3.63) is 53.3 Å². The number of hydrogen-bond acceptors (Lipinski definition) is 4. The molecule has 0 aliphatic carbocycles. The Morgan fingerprint density at radius 3 is 3.04 bits per heavy atom. The molecule has 0 saturated carbocycles. The van der Waals surface area contributed by atoms with E-state index in [1.165, 1.54) is 12.0 Å². The van der Waals surface area contributed by atoms with Gasteiger partial charge in [0.1, 0.15) is 0 Å². The fourth-order valence-corrected chi connectivity index (χ4v) is 4.49. The van der Waals surface area contributed by atoms with E-state index in [1.54, 1.807) is 7.11 Å². The van der Waals surface area contributed by atoms with Crippen LogP contribution in [-0.4, -0.2) is 40.7 Å². The van der Waals surface area contributed by atoms with Gasteiger partial charge in [0.25, 0.3) is 0 Å². The number of rotatable bonds is 6. The van der Waals surface area contributed by atoms with Gasteiger partial charge in [0.15, 0.2) is 0 Å². The molecule has 2 aliphatic rings. The molecular formula is C20H26N4O2. The molecule has 3 heterocycles.